The van der Waals surface area contributed by atoms with Gasteiger partial charge in [0.2, 0.25) is 0 Å². The molecule has 1 aromatic heterocycles. The summed E-state index contributed by atoms with van der Waals surface area (Å²) in [6.07, 6.45) is 0. The lowest BCUT2D eigenvalue weighted by molar-refractivity contribution is 0.487. The lowest BCUT2D eigenvalue weighted by atomic mass is 9.35. The SMILES string of the molecule is c1ccc([Si](c2ccccc2)(c2ccccc2)c2ccc3c(c2)c2ccccc2n3-c2cccc(-c3ccccc3B3c4ccccc4Oc4ccccc43)c2)cc1. The average molecular weight is 756 g/mol. The quantitative estimate of drug-likeness (QED) is 0.118. The van der Waals surface area contributed by atoms with Crippen molar-refractivity contribution in [1.82, 2.24) is 4.57 Å². The van der Waals surface area contributed by atoms with E-state index >= 15 is 0 Å². The molecule has 0 bridgehead atoms. The Labute approximate surface area is 340 Å². The van der Waals surface area contributed by atoms with E-state index in [2.05, 4.69) is 235 Å². The number of ether oxygens (including phenoxy) is 1. The summed E-state index contributed by atoms with van der Waals surface area (Å²) in [5, 5.41) is 7.99. The molecule has 0 unspecified atom stereocenters. The van der Waals surface area contributed by atoms with Crippen molar-refractivity contribution < 1.29 is 4.74 Å². The Morgan fingerprint density at radius 3 is 1.52 bits per heavy atom. The second kappa shape index (κ2) is 14.1. The summed E-state index contributed by atoms with van der Waals surface area (Å²) in [5.41, 5.74) is 9.55. The Bertz CT molecular complexity index is 2960. The van der Waals surface area contributed by atoms with Crippen LogP contribution in [-0.4, -0.2) is 19.4 Å². The van der Waals surface area contributed by atoms with Crippen LogP contribution in [0, 0.1) is 0 Å². The summed E-state index contributed by atoms with van der Waals surface area (Å²) >= 11 is 0. The molecular formula is C54H38BNOSi. The van der Waals surface area contributed by atoms with E-state index in [1.165, 1.54) is 70.1 Å². The van der Waals surface area contributed by atoms with E-state index in [1.807, 2.05) is 0 Å². The van der Waals surface area contributed by atoms with Crippen LogP contribution in [0.5, 0.6) is 11.5 Å². The first-order valence-electron chi connectivity index (χ1n) is 20.0. The molecule has 4 heteroatoms. The molecule has 0 saturated heterocycles. The number of hydrogen-bond donors (Lipinski definition) is 0. The monoisotopic (exact) mass is 755 g/mol. The van der Waals surface area contributed by atoms with Crippen LogP contribution in [0.2, 0.25) is 0 Å². The molecule has 0 amide bonds. The average Bonchev–Trinajstić information content (AvgIpc) is 3.63. The van der Waals surface area contributed by atoms with Crippen LogP contribution in [0.1, 0.15) is 0 Å². The van der Waals surface area contributed by atoms with E-state index in [9.17, 15) is 0 Å². The van der Waals surface area contributed by atoms with Gasteiger partial charge >= 0.3 is 0 Å². The maximum absolute atomic E-state index is 6.43. The standard InChI is InChI=1S/C54H38BNOSi/c1-4-21-41(22-5-1)58(42-23-6-2-7-24-42,43-25-8-3-9-26-43)44-35-36-52-47(38-44)46-28-11-15-32-51(46)56(52)40-20-18-19-39(37-40)45-27-10-12-29-48(45)55-49-30-13-16-33-53(49)57-54-34-17-14-31-50(54)55/h1-38H. The maximum Gasteiger partial charge on any atom is 0.251 e. The zero-order valence-electron chi connectivity index (χ0n) is 31.9. The zero-order chi connectivity index (χ0) is 38.5. The van der Waals surface area contributed by atoms with Crippen molar-refractivity contribution in [2.75, 3.05) is 0 Å². The third kappa shape index (κ3) is 5.41. The summed E-state index contributed by atoms with van der Waals surface area (Å²) in [4.78, 5) is 0. The molecule has 10 aromatic rings. The van der Waals surface area contributed by atoms with Crippen molar-refractivity contribution in [3.63, 3.8) is 0 Å². The number of benzene rings is 9. The second-order valence-electron chi connectivity index (χ2n) is 15.2. The Balaban J connectivity index is 1.11. The van der Waals surface area contributed by atoms with E-state index in [0.29, 0.717) is 0 Å². The molecule has 1 aliphatic rings. The molecule has 2 nitrogen and oxygen atoms in total. The number of nitrogens with zero attached hydrogens (tertiary/aromatic N) is 1. The van der Waals surface area contributed by atoms with Gasteiger partial charge in [-0.05, 0) is 79.2 Å². The van der Waals surface area contributed by atoms with Crippen LogP contribution in [0.15, 0.2) is 231 Å². The molecule has 0 radical (unpaired) electrons. The summed E-state index contributed by atoms with van der Waals surface area (Å²) in [7, 11) is -2.72. The molecule has 272 valence electrons. The van der Waals surface area contributed by atoms with Gasteiger partial charge in [0.1, 0.15) is 11.5 Å². The first-order chi connectivity index (χ1) is 28.8. The Morgan fingerprint density at radius 1 is 0.362 bits per heavy atom. The third-order valence-electron chi connectivity index (χ3n) is 12.1. The van der Waals surface area contributed by atoms with Gasteiger partial charge < -0.3 is 9.30 Å². The van der Waals surface area contributed by atoms with Gasteiger partial charge in [-0.25, -0.2) is 0 Å². The normalized spacial score (nSPS) is 12.2. The largest absolute Gasteiger partial charge is 0.458 e. The van der Waals surface area contributed by atoms with E-state index in [4.69, 9.17) is 4.74 Å². The Hall–Kier alpha value is -7.14. The molecule has 0 N–H and O–H groups in total. The van der Waals surface area contributed by atoms with Crippen molar-refractivity contribution in [1.29, 1.82) is 0 Å². The van der Waals surface area contributed by atoms with E-state index in [0.717, 1.165) is 17.2 Å². The fourth-order valence-electron chi connectivity index (χ4n) is 9.62. The molecular weight excluding hydrogens is 717 g/mol. The predicted octanol–water partition coefficient (Wildman–Crippen LogP) is 8.45. The summed E-state index contributed by atoms with van der Waals surface area (Å²) in [5.74, 6) is 1.83. The topological polar surface area (TPSA) is 14.2 Å². The molecule has 0 fully saturated rings. The summed E-state index contributed by atoms with van der Waals surface area (Å²) in [6.45, 7) is 0.0379. The lowest BCUT2D eigenvalue weighted by Crippen LogP contribution is -2.74. The third-order valence-corrected chi connectivity index (χ3v) is 16.9. The van der Waals surface area contributed by atoms with Gasteiger partial charge in [-0.1, -0.05) is 200 Å². The minimum absolute atomic E-state index is 0.0379. The summed E-state index contributed by atoms with van der Waals surface area (Å²) in [6, 6.07) is 84.6. The maximum atomic E-state index is 6.43. The summed E-state index contributed by atoms with van der Waals surface area (Å²) < 4.78 is 8.88. The van der Waals surface area contributed by atoms with Gasteiger partial charge in [-0.2, -0.15) is 0 Å². The van der Waals surface area contributed by atoms with Gasteiger partial charge in [0.05, 0.1) is 11.0 Å². The molecule has 0 saturated carbocycles. The molecule has 58 heavy (non-hydrogen) atoms. The predicted molar refractivity (Wildman–Crippen MR) is 247 cm³/mol. The van der Waals surface area contributed by atoms with Crippen molar-refractivity contribution in [3.8, 4) is 28.3 Å². The van der Waals surface area contributed by atoms with E-state index in [-0.39, 0.29) is 6.71 Å². The molecule has 1 aliphatic heterocycles. The molecule has 9 aromatic carbocycles. The van der Waals surface area contributed by atoms with Crippen LogP contribution >= 0.6 is 0 Å². The van der Waals surface area contributed by atoms with Crippen molar-refractivity contribution >= 4 is 73.7 Å². The highest BCUT2D eigenvalue weighted by Crippen LogP contribution is 2.34. The van der Waals surface area contributed by atoms with Crippen LogP contribution in [0.3, 0.4) is 0 Å². The fourth-order valence-corrected chi connectivity index (χ4v) is 14.4. The second-order valence-corrected chi connectivity index (χ2v) is 19.0. The molecule has 0 aliphatic carbocycles. The highest BCUT2D eigenvalue weighted by Gasteiger charge is 2.41. The van der Waals surface area contributed by atoms with Gasteiger partial charge in [-0.15, -0.1) is 0 Å². The minimum Gasteiger partial charge on any atom is -0.458 e. The number of fused-ring (bicyclic) bond motifs is 5. The smallest absolute Gasteiger partial charge is 0.251 e. The minimum atomic E-state index is -2.72. The highest BCUT2D eigenvalue weighted by atomic mass is 28.3. The van der Waals surface area contributed by atoms with Gasteiger partial charge in [0.15, 0.2) is 8.07 Å². The van der Waals surface area contributed by atoms with Crippen LogP contribution < -0.4 is 41.9 Å². The first kappa shape index (κ1) is 34.1. The molecule has 0 spiro atoms. The number of para-hydroxylation sites is 3. The molecule has 11 rings (SSSR count). The first-order valence-corrected chi connectivity index (χ1v) is 22.0. The zero-order valence-corrected chi connectivity index (χ0v) is 32.9. The lowest BCUT2D eigenvalue weighted by Gasteiger charge is -2.34. The molecule has 0 atom stereocenters. The Kier molecular flexibility index (Phi) is 8.30. The van der Waals surface area contributed by atoms with E-state index < -0.39 is 8.07 Å². The van der Waals surface area contributed by atoms with Crippen LogP contribution in [-0.2, 0) is 0 Å². The van der Waals surface area contributed by atoms with Crippen molar-refractivity contribution in [3.05, 3.63) is 231 Å². The highest BCUT2D eigenvalue weighted by molar-refractivity contribution is 7.20. The Morgan fingerprint density at radius 2 is 0.879 bits per heavy atom. The molecule has 2 heterocycles. The van der Waals surface area contributed by atoms with Crippen LogP contribution in [0.4, 0.5) is 0 Å². The van der Waals surface area contributed by atoms with Gasteiger partial charge in [-0.3, -0.25) is 0 Å². The van der Waals surface area contributed by atoms with Gasteiger partial charge in [0, 0.05) is 16.5 Å². The van der Waals surface area contributed by atoms with Gasteiger partial charge in [0.25, 0.3) is 6.71 Å². The number of aromatic nitrogens is 1. The van der Waals surface area contributed by atoms with Crippen molar-refractivity contribution in [2.45, 2.75) is 0 Å². The van der Waals surface area contributed by atoms with Crippen LogP contribution in [0.25, 0.3) is 38.6 Å². The van der Waals surface area contributed by atoms with Crippen molar-refractivity contribution in [2.24, 2.45) is 0 Å². The van der Waals surface area contributed by atoms with E-state index in [1.54, 1.807) is 0 Å². The number of hydrogen-bond acceptors (Lipinski definition) is 1. The number of rotatable bonds is 7. The fraction of sp³-hybridized carbons (Fsp3) is 0.